The van der Waals surface area contributed by atoms with Crippen molar-refractivity contribution < 1.29 is 9.59 Å². The highest BCUT2D eigenvalue weighted by Gasteiger charge is 2.25. The summed E-state index contributed by atoms with van der Waals surface area (Å²) in [5.41, 5.74) is 0. The third kappa shape index (κ3) is 6.75. The summed E-state index contributed by atoms with van der Waals surface area (Å²) in [5.74, 6) is 0.629. The number of carbonyl (C=O) groups is 2. The molecule has 2 aliphatic heterocycles. The van der Waals surface area contributed by atoms with Gasteiger partial charge in [0.15, 0.2) is 0 Å². The maximum atomic E-state index is 12.3. The van der Waals surface area contributed by atoms with Crippen molar-refractivity contribution in [2.75, 3.05) is 32.7 Å². The summed E-state index contributed by atoms with van der Waals surface area (Å²) in [5, 5.41) is 11.4. The van der Waals surface area contributed by atoms with Gasteiger partial charge >= 0.3 is 0 Å². The minimum atomic E-state index is -0.0146. The van der Waals surface area contributed by atoms with Crippen molar-refractivity contribution in [3.63, 3.8) is 0 Å². The number of likely N-dealkylation sites (tertiary alicyclic amines) is 1. The van der Waals surface area contributed by atoms with Crippen LogP contribution in [0.5, 0.6) is 0 Å². The molecule has 0 aromatic carbocycles. The highest BCUT2D eigenvalue weighted by Crippen LogP contribution is 2.19. The first-order valence-electron chi connectivity index (χ1n) is 9.68. The summed E-state index contributed by atoms with van der Waals surface area (Å²) in [6.45, 7) is 5.93. The van der Waals surface area contributed by atoms with E-state index in [1.165, 1.54) is 4.88 Å². The Bertz CT molecular complexity index is 593. The minimum absolute atomic E-state index is 0. The topological polar surface area (TPSA) is 73.5 Å². The lowest BCUT2D eigenvalue weighted by molar-refractivity contribution is -0.124. The maximum absolute atomic E-state index is 12.3. The quantitative estimate of drug-likeness (QED) is 0.637. The van der Waals surface area contributed by atoms with Gasteiger partial charge in [0.1, 0.15) is 0 Å². The molecule has 1 aromatic rings. The van der Waals surface area contributed by atoms with Crippen LogP contribution >= 0.6 is 23.7 Å². The lowest BCUT2D eigenvalue weighted by Gasteiger charge is -2.32. The molecule has 3 heterocycles. The number of rotatable bonds is 7. The van der Waals surface area contributed by atoms with Crippen molar-refractivity contribution in [3.8, 4) is 0 Å². The van der Waals surface area contributed by atoms with E-state index in [4.69, 9.17) is 0 Å². The molecule has 3 N–H and O–H groups in total. The van der Waals surface area contributed by atoms with E-state index < -0.39 is 0 Å². The van der Waals surface area contributed by atoms with Gasteiger partial charge in [-0.3, -0.25) is 14.5 Å². The average molecular weight is 415 g/mol. The van der Waals surface area contributed by atoms with Gasteiger partial charge < -0.3 is 16.0 Å². The van der Waals surface area contributed by atoms with Crippen LogP contribution in [0.2, 0.25) is 0 Å². The van der Waals surface area contributed by atoms with E-state index in [0.717, 1.165) is 45.3 Å². The SMILES string of the molecule is CC(NC(=O)CN1CCCC(CNC(=O)C2CCCN2)C1)c1cccs1.Cl. The van der Waals surface area contributed by atoms with Gasteiger partial charge in [0.2, 0.25) is 11.8 Å². The lowest BCUT2D eigenvalue weighted by atomic mass is 9.98. The Morgan fingerprint density at radius 2 is 2.22 bits per heavy atom. The molecular formula is C19H31ClN4O2S. The molecule has 2 saturated heterocycles. The van der Waals surface area contributed by atoms with Crippen molar-refractivity contribution >= 4 is 35.6 Å². The van der Waals surface area contributed by atoms with E-state index in [1.807, 2.05) is 18.4 Å². The van der Waals surface area contributed by atoms with Crippen molar-refractivity contribution in [2.24, 2.45) is 5.92 Å². The first kappa shape index (κ1) is 22.1. The van der Waals surface area contributed by atoms with Crippen LogP contribution in [0.15, 0.2) is 17.5 Å². The number of halogens is 1. The second kappa shape index (κ2) is 11.0. The molecule has 27 heavy (non-hydrogen) atoms. The summed E-state index contributed by atoms with van der Waals surface area (Å²) < 4.78 is 0. The Hall–Kier alpha value is -1.15. The van der Waals surface area contributed by atoms with Crippen molar-refractivity contribution in [1.82, 2.24) is 20.9 Å². The van der Waals surface area contributed by atoms with Crippen LogP contribution in [0.3, 0.4) is 0 Å². The van der Waals surface area contributed by atoms with E-state index >= 15 is 0 Å². The van der Waals surface area contributed by atoms with E-state index in [0.29, 0.717) is 19.0 Å². The summed E-state index contributed by atoms with van der Waals surface area (Å²) in [4.78, 5) is 27.9. The molecule has 0 spiro atoms. The van der Waals surface area contributed by atoms with Crippen LogP contribution in [-0.2, 0) is 9.59 Å². The first-order chi connectivity index (χ1) is 12.6. The van der Waals surface area contributed by atoms with Crippen molar-refractivity contribution in [1.29, 1.82) is 0 Å². The number of nitrogens with zero attached hydrogens (tertiary/aromatic N) is 1. The smallest absolute Gasteiger partial charge is 0.237 e. The van der Waals surface area contributed by atoms with Crippen LogP contribution < -0.4 is 16.0 Å². The fourth-order valence-electron chi connectivity index (χ4n) is 3.84. The molecule has 0 radical (unpaired) electrons. The molecule has 0 bridgehead atoms. The number of hydrogen-bond donors (Lipinski definition) is 3. The second-order valence-corrected chi connectivity index (χ2v) is 8.42. The molecule has 2 aliphatic rings. The van der Waals surface area contributed by atoms with Crippen molar-refractivity contribution in [2.45, 2.75) is 44.7 Å². The average Bonchev–Trinajstić information content (AvgIpc) is 3.33. The molecule has 0 saturated carbocycles. The van der Waals surface area contributed by atoms with E-state index in [1.54, 1.807) is 11.3 Å². The summed E-state index contributed by atoms with van der Waals surface area (Å²) in [6, 6.07) is 4.10. The molecule has 2 fully saturated rings. The van der Waals surface area contributed by atoms with Gasteiger partial charge in [-0.25, -0.2) is 0 Å². The van der Waals surface area contributed by atoms with Gasteiger partial charge in [-0.1, -0.05) is 6.07 Å². The van der Waals surface area contributed by atoms with Crippen LogP contribution in [0.25, 0.3) is 0 Å². The van der Waals surface area contributed by atoms with Crippen LogP contribution in [0.1, 0.15) is 43.5 Å². The summed E-state index contributed by atoms with van der Waals surface area (Å²) in [6.07, 6.45) is 4.21. The second-order valence-electron chi connectivity index (χ2n) is 7.44. The Morgan fingerprint density at radius 1 is 1.37 bits per heavy atom. The minimum Gasteiger partial charge on any atom is -0.354 e. The van der Waals surface area contributed by atoms with Crippen LogP contribution in [-0.4, -0.2) is 55.5 Å². The predicted octanol–water partition coefficient (Wildman–Crippen LogP) is 1.93. The van der Waals surface area contributed by atoms with Gasteiger partial charge in [0.05, 0.1) is 18.6 Å². The zero-order valence-electron chi connectivity index (χ0n) is 15.9. The molecule has 3 unspecified atom stereocenters. The van der Waals surface area contributed by atoms with Gasteiger partial charge in [-0.05, 0) is 63.1 Å². The number of nitrogens with one attached hydrogen (secondary N) is 3. The highest BCUT2D eigenvalue weighted by molar-refractivity contribution is 7.10. The molecule has 1 aromatic heterocycles. The third-order valence-corrected chi connectivity index (χ3v) is 6.31. The fourth-order valence-corrected chi connectivity index (χ4v) is 4.57. The van der Waals surface area contributed by atoms with Gasteiger partial charge in [0, 0.05) is 18.0 Å². The summed E-state index contributed by atoms with van der Waals surface area (Å²) in [7, 11) is 0. The zero-order valence-corrected chi connectivity index (χ0v) is 17.5. The predicted molar refractivity (Wildman–Crippen MR) is 111 cm³/mol. The van der Waals surface area contributed by atoms with E-state index in [9.17, 15) is 9.59 Å². The fraction of sp³-hybridized carbons (Fsp3) is 0.684. The largest absolute Gasteiger partial charge is 0.354 e. The van der Waals surface area contributed by atoms with Crippen molar-refractivity contribution in [3.05, 3.63) is 22.4 Å². The molecule has 3 rings (SSSR count). The van der Waals surface area contributed by atoms with E-state index in [-0.39, 0.29) is 36.3 Å². The first-order valence-corrected chi connectivity index (χ1v) is 10.6. The highest BCUT2D eigenvalue weighted by atomic mass is 35.5. The van der Waals surface area contributed by atoms with Gasteiger partial charge in [-0.15, -0.1) is 23.7 Å². The molecule has 6 nitrogen and oxygen atoms in total. The molecule has 152 valence electrons. The molecule has 0 aliphatic carbocycles. The Labute approximate surface area is 171 Å². The molecule has 3 atom stereocenters. The van der Waals surface area contributed by atoms with Gasteiger partial charge in [-0.2, -0.15) is 0 Å². The monoisotopic (exact) mass is 414 g/mol. The number of thiophene rings is 1. The standard InChI is InChI=1S/C19H30N4O2S.ClH/c1-14(17-7-4-10-26-17)22-18(24)13-23-9-3-5-15(12-23)11-21-19(25)16-6-2-8-20-16;/h4,7,10,14-16,20H,2-3,5-6,8-9,11-13H2,1H3,(H,21,25)(H,22,24);1H. The molecule has 2 amide bonds. The Morgan fingerprint density at radius 3 is 2.93 bits per heavy atom. The van der Waals surface area contributed by atoms with E-state index in [2.05, 4.69) is 26.9 Å². The van der Waals surface area contributed by atoms with Gasteiger partial charge in [0.25, 0.3) is 0 Å². The molecule has 8 heteroatoms. The lowest BCUT2D eigenvalue weighted by Crippen LogP contribution is -2.47. The summed E-state index contributed by atoms with van der Waals surface area (Å²) >= 11 is 1.67. The Kier molecular flexibility index (Phi) is 9.02. The number of piperidine rings is 1. The normalized spacial score (nSPS) is 24.0. The molecular weight excluding hydrogens is 384 g/mol. The van der Waals surface area contributed by atoms with Crippen LogP contribution in [0.4, 0.5) is 0 Å². The van der Waals surface area contributed by atoms with Crippen LogP contribution in [0, 0.1) is 5.92 Å². The number of carbonyl (C=O) groups excluding carboxylic acids is 2. The zero-order chi connectivity index (χ0) is 18.4. The maximum Gasteiger partial charge on any atom is 0.237 e. The Balaban J connectivity index is 0.00000261. The third-order valence-electron chi connectivity index (χ3n) is 5.26. The number of amides is 2. The number of hydrogen-bond acceptors (Lipinski definition) is 5.